The number of nitro benzene ring substituents is 1. The van der Waals surface area contributed by atoms with Gasteiger partial charge >= 0.3 is 0 Å². The summed E-state index contributed by atoms with van der Waals surface area (Å²) in [5.41, 5.74) is -0.322. The summed E-state index contributed by atoms with van der Waals surface area (Å²) in [6.45, 7) is 4.44. The lowest BCUT2D eigenvalue weighted by Crippen LogP contribution is -2.32. The maximum absolute atomic E-state index is 12.0. The number of non-ortho nitro benzene ring substituents is 1. The van der Waals surface area contributed by atoms with Crippen molar-refractivity contribution in [3.63, 3.8) is 0 Å². The van der Waals surface area contributed by atoms with Crippen molar-refractivity contribution >= 4 is 34.8 Å². The van der Waals surface area contributed by atoms with Crippen LogP contribution in [0.2, 0.25) is 10.0 Å². The van der Waals surface area contributed by atoms with Crippen LogP contribution in [0.3, 0.4) is 0 Å². The monoisotopic (exact) mass is 320 g/mol. The highest BCUT2D eigenvalue weighted by Crippen LogP contribution is 2.30. The molecule has 1 unspecified atom stereocenters. The minimum absolute atomic E-state index is 0.0150. The van der Waals surface area contributed by atoms with Gasteiger partial charge in [-0.15, -0.1) is 0 Å². The molecule has 110 valence electrons. The predicted octanol–water partition coefficient (Wildman–Crippen LogP) is 3.06. The van der Waals surface area contributed by atoms with Crippen molar-refractivity contribution in [2.24, 2.45) is 0 Å². The van der Waals surface area contributed by atoms with Gasteiger partial charge < -0.3 is 10.1 Å². The molecular formula is C12H14Cl2N2O4. The first-order valence-corrected chi connectivity index (χ1v) is 6.65. The fourth-order valence-corrected chi connectivity index (χ4v) is 1.93. The molecule has 1 aromatic carbocycles. The first-order valence-electron chi connectivity index (χ1n) is 5.90. The molecule has 20 heavy (non-hydrogen) atoms. The quantitative estimate of drug-likeness (QED) is 0.645. The number of carbonyl (C=O) groups excluding carboxylic acids is 1. The number of hydrogen-bond donors (Lipinski definition) is 1. The van der Waals surface area contributed by atoms with Gasteiger partial charge in [-0.3, -0.25) is 14.9 Å². The molecule has 0 aromatic heterocycles. The molecular weight excluding hydrogens is 307 g/mol. The highest BCUT2D eigenvalue weighted by atomic mass is 35.5. The van der Waals surface area contributed by atoms with Crippen LogP contribution in [0.25, 0.3) is 0 Å². The number of benzene rings is 1. The molecule has 0 fully saturated rings. The number of halogens is 2. The average molecular weight is 321 g/mol. The molecule has 8 heteroatoms. The Hall–Kier alpha value is -1.37. The zero-order valence-corrected chi connectivity index (χ0v) is 12.5. The van der Waals surface area contributed by atoms with E-state index in [0.29, 0.717) is 6.61 Å². The van der Waals surface area contributed by atoms with E-state index in [2.05, 4.69) is 5.32 Å². The molecule has 0 bridgehead atoms. The minimum Gasteiger partial charge on any atom is -0.377 e. The molecule has 0 aliphatic heterocycles. The highest BCUT2D eigenvalue weighted by molar-refractivity contribution is 6.44. The third-order valence-corrected chi connectivity index (χ3v) is 3.27. The number of nitrogens with one attached hydrogen (secondary N) is 1. The van der Waals surface area contributed by atoms with Crippen LogP contribution < -0.4 is 5.32 Å². The van der Waals surface area contributed by atoms with Crippen LogP contribution in [-0.2, 0) is 4.74 Å². The molecule has 0 aliphatic rings. The standard InChI is InChI=1S/C12H14Cl2N2O4/c1-3-20-7(2)6-15-12(17)9-4-8(16(18)19)5-10(13)11(9)14/h4-5,7H,3,6H2,1-2H3,(H,15,17). The van der Waals surface area contributed by atoms with E-state index in [0.717, 1.165) is 12.1 Å². The summed E-state index contributed by atoms with van der Waals surface area (Å²) in [4.78, 5) is 22.1. The number of ether oxygens (including phenoxy) is 1. The summed E-state index contributed by atoms with van der Waals surface area (Å²) in [6.07, 6.45) is -0.170. The zero-order chi connectivity index (χ0) is 15.3. The molecule has 0 heterocycles. The molecule has 1 N–H and O–H groups in total. The van der Waals surface area contributed by atoms with Crippen LogP contribution in [0, 0.1) is 10.1 Å². The lowest BCUT2D eigenvalue weighted by Gasteiger charge is -2.13. The molecule has 1 amide bonds. The number of amides is 1. The Morgan fingerprint density at radius 2 is 2.15 bits per heavy atom. The fraction of sp³-hybridized carbons (Fsp3) is 0.417. The Labute approximate surface area is 126 Å². The van der Waals surface area contributed by atoms with Gasteiger partial charge in [0.2, 0.25) is 0 Å². The summed E-state index contributed by atoms with van der Waals surface area (Å²) in [5, 5.41) is 13.3. The van der Waals surface area contributed by atoms with E-state index < -0.39 is 10.8 Å². The average Bonchev–Trinajstić information content (AvgIpc) is 2.39. The van der Waals surface area contributed by atoms with E-state index in [-0.39, 0.29) is 33.9 Å². The van der Waals surface area contributed by atoms with Gasteiger partial charge in [0.1, 0.15) is 0 Å². The van der Waals surface area contributed by atoms with E-state index in [9.17, 15) is 14.9 Å². The summed E-state index contributed by atoms with van der Waals surface area (Å²) in [7, 11) is 0. The van der Waals surface area contributed by atoms with Gasteiger partial charge in [0.25, 0.3) is 11.6 Å². The number of nitro groups is 1. The third kappa shape index (κ3) is 4.33. The van der Waals surface area contributed by atoms with Gasteiger partial charge in [0.05, 0.1) is 26.6 Å². The minimum atomic E-state index is -0.637. The number of hydrogen-bond acceptors (Lipinski definition) is 4. The Morgan fingerprint density at radius 3 is 2.70 bits per heavy atom. The van der Waals surface area contributed by atoms with E-state index >= 15 is 0 Å². The Balaban J connectivity index is 2.89. The van der Waals surface area contributed by atoms with Crippen LogP contribution in [0.5, 0.6) is 0 Å². The van der Waals surface area contributed by atoms with Gasteiger partial charge in [-0.1, -0.05) is 23.2 Å². The lowest BCUT2D eigenvalue weighted by atomic mass is 10.2. The summed E-state index contributed by atoms with van der Waals surface area (Å²) in [6, 6.07) is 2.19. The molecule has 1 aromatic rings. The zero-order valence-electron chi connectivity index (χ0n) is 11.0. The van der Waals surface area contributed by atoms with Crippen molar-refractivity contribution in [1.82, 2.24) is 5.32 Å². The second-order valence-electron chi connectivity index (χ2n) is 4.02. The van der Waals surface area contributed by atoms with E-state index in [4.69, 9.17) is 27.9 Å². The number of carbonyl (C=O) groups is 1. The first kappa shape index (κ1) is 16.7. The van der Waals surface area contributed by atoms with E-state index in [1.807, 2.05) is 6.92 Å². The molecule has 0 spiro atoms. The van der Waals surface area contributed by atoms with Gasteiger partial charge in [0.15, 0.2) is 0 Å². The van der Waals surface area contributed by atoms with Gasteiger partial charge in [-0.25, -0.2) is 0 Å². The molecule has 1 atom stereocenters. The normalized spacial score (nSPS) is 12.0. The summed E-state index contributed by atoms with van der Waals surface area (Å²) >= 11 is 11.7. The first-order chi connectivity index (χ1) is 9.36. The van der Waals surface area contributed by atoms with Crippen molar-refractivity contribution in [1.29, 1.82) is 0 Å². The highest BCUT2D eigenvalue weighted by Gasteiger charge is 2.19. The van der Waals surface area contributed by atoms with Crippen molar-refractivity contribution in [2.45, 2.75) is 20.0 Å². The topological polar surface area (TPSA) is 81.5 Å². The van der Waals surface area contributed by atoms with E-state index in [1.165, 1.54) is 0 Å². The number of nitrogens with zero attached hydrogens (tertiary/aromatic N) is 1. The molecule has 6 nitrogen and oxygen atoms in total. The molecule has 0 saturated heterocycles. The van der Waals surface area contributed by atoms with Crippen LogP contribution in [0.1, 0.15) is 24.2 Å². The molecule has 0 saturated carbocycles. The second-order valence-corrected chi connectivity index (χ2v) is 4.81. The molecule has 0 radical (unpaired) electrons. The van der Waals surface area contributed by atoms with Gasteiger partial charge in [-0.05, 0) is 13.8 Å². The number of rotatable bonds is 6. The van der Waals surface area contributed by atoms with Crippen molar-refractivity contribution in [3.05, 3.63) is 37.9 Å². The molecule has 1 rings (SSSR count). The largest absolute Gasteiger partial charge is 0.377 e. The fourth-order valence-electron chi connectivity index (χ4n) is 1.52. The lowest BCUT2D eigenvalue weighted by molar-refractivity contribution is -0.384. The Morgan fingerprint density at radius 1 is 1.50 bits per heavy atom. The SMILES string of the molecule is CCOC(C)CNC(=O)c1cc([N+](=O)[O-])cc(Cl)c1Cl. The van der Waals surface area contributed by atoms with Crippen molar-refractivity contribution < 1.29 is 14.5 Å². The van der Waals surface area contributed by atoms with Crippen LogP contribution in [0.4, 0.5) is 5.69 Å². The van der Waals surface area contributed by atoms with Crippen LogP contribution in [0.15, 0.2) is 12.1 Å². The summed E-state index contributed by atoms with van der Waals surface area (Å²) < 4.78 is 5.26. The maximum Gasteiger partial charge on any atom is 0.271 e. The Kier molecular flexibility index (Phi) is 6.19. The van der Waals surface area contributed by atoms with Crippen LogP contribution in [-0.4, -0.2) is 30.1 Å². The smallest absolute Gasteiger partial charge is 0.271 e. The second kappa shape index (κ2) is 7.42. The predicted molar refractivity (Wildman–Crippen MR) is 76.5 cm³/mol. The maximum atomic E-state index is 12.0. The van der Waals surface area contributed by atoms with Gasteiger partial charge in [-0.2, -0.15) is 0 Å². The van der Waals surface area contributed by atoms with Crippen LogP contribution >= 0.6 is 23.2 Å². The van der Waals surface area contributed by atoms with Gasteiger partial charge in [0, 0.05) is 25.3 Å². The van der Waals surface area contributed by atoms with Crippen molar-refractivity contribution in [2.75, 3.05) is 13.2 Å². The van der Waals surface area contributed by atoms with E-state index in [1.54, 1.807) is 6.92 Å². The van der Waals surface area contributed by atoms with Crippen molar-refractivity contribution in [3.8, 4) is 0 Å². The third-order valence-electron chi connectivity index (χ3n) is 2.47. The molecule has 0 aliphatic carbocycles. The summed E-state index contributed by atoms with van der Waals surface area (Å²) in [5.74, 6) is -0.535. The Bertz CT molecular complexity index is 522.